The molecule has 4 nitrogen and oxygen atoms in total. The van der Waals surface area contributed by atoms with Crippen LogP contribution in [0.15, 0.2) is 0 Å². The van der Waals surface area contributed by atoms with Gasteiger partial charge in [-0.15, -0.1) is 0 Å². The van der Waals surface area contributed by atoms with Crippen LogP contribution in [0.3, 0.4) is 0 Å². The summed E-state index contributed by atoms with van der Waals surface area (Å²) in [5.74, 6) is 0.768. The quantitative estimate of drug-likeness (QED) is 0.594. The number of ether oxygens (including phenoxy) is 2. The lowest BCUT2D eigenvalue weighted by atomic mass is 9.98. The maximum Gasteiger partial charge on any atom is 0.0897 e. The average molecular weight is 271 g/mol. The summed E-state index contributed by atoms with van der Waals surface area (Å²) >= 11 is 0. The SMILES string of the molecule is OC(CNCCOC1CCCCC1)COCC1CC1. The molecule has 0 aromatic carbocycles. The second kappa shape index (κ2) is 8.90. The van der Waals surface area contributed by atoms with Gasteiger partial charge < -0.3 is 19.9 Å². The van der Waals surface area contributed by atoms with Crippen LogP contribution in [-0.4, -0.2) is 50.2 Å². The molecule has 0 amide bonds. The number of nitrogens with one attached hydrogen (secondary N) is 1. The highest BCUT2D eigenvalue weighted by atomic mass is 16.5. The highest BCUT2D eigenvalue weighted by Gasteiger charge is 2.21. The first-order valence-electron chi connectivity index (χ1n) is 7.92. The number of hydrogen-bond acceptors (Lipinski definition) is 4. The van der Waals surface area contributed by atoms with E-state index >= 15 is 0 Å². The van der Waals surface area contributed by atoms with Crippen molar-refractivity contribution >= 4 is 0 Å². The van der Waals surface area contributed by atoms with E-state index < -0.39 is 6.10 Å². The van der Waals surface area contributed by atoms with Gasteiger partial charge in [0.25, 0.3) is 0 Å². The summed E-state index contributed by atoms with van der Waals surface area (Å²) in [6, 6.07) is 0. The standard InChI is InChI=1S/C15H29NO3/c17-14(12-18-11-13-6-7-13)10-16-8-9-19-15-4-2-1-3-5-15/h13-17H,1-12H2. The normalized spacial score (nSPS) is 22.6. The molecule has 0 aromatic rings. The zero-order valence-corrected chi connectivity index (χ0v) is 12.0. The first-order chi connectivity index (χ1) is 9.34. The fourth-order valence-electron chi connectivity index (χ4n) is 2.51. The summed E-state index contributed by atoms with van der Waals surface area (Å²) in [4.78, 5) is 0. The molecule has 0 aliphatic heterocycles. The van der Waals surface area contributed by atoms with Gasteiger partial charge in [0, 0.05) is 19.7 Å². The minimum absolute atomic E-state index is 0.395. The molecule has 0 bridgehead atoms. The van der Waals surface area contributed by atoms with Crippen LogP contribution in [0.4, 0.5) is 0 Å². The van der Waals surface area contributed by atoms with Gasteiger partial charge >= 0.3 is 0 Å². The third-order valence-electron chi connectivity index (χ3n) is 3.93. The summed E-state index contributed by atoms with van der Waals surface area (Å²) in [6.07, 6.45) is 9.11. The van der Waals surface area contributed by atoms with Crippen LogP contribution >= 0.6 is 0 Å². The summed E-state index contributed by atoms with van der Waals surface area (Å²) < 4.78 is 11.3. The van der Waals surface area contributed by atoms with Crippen LogP contribution in [0.1, 0.15) is 44.9 Å². The van der Waals surface area contributed by atoms with Gasteiger partial charge in [-0.3, -0.25) is 0 Å². The van der Waals surface area contributed by atoms with Crippen LogP contribution in [-0.2, 0) is 9.47 Å². The molecule has 2 rings (SSSR count). The molecule has 4 heteroatoms. The van der Waals surface area contributed by atoms with E-state index in [1.165, 1.54) is 44.9 Å². The van der Waals surface area contributed by atoms with E-state index in [1.807, 2.05) is 0 Å². The van der Waals surface area contributed by atoms with Gasteiger partial charge in [-0.05, 0) is 31.6 Å². The van der Waals surface area contributed by atoms with Crippen LogP contribution in [0.25, 0.3) is 0 Å². The smallest absolute Gasteiger partial charge is 0.0897 e. The summed E-state index contributed by atoms with van der Waals surface area (Å²) in [5.41, 5.74) is 0. The molecule has 1 unspecified atom stereocenters. The Morgan fingerprint density at radius 1 is 1.11 bits per heavy atom. The van der Waals surface area contributed by atoms with Gasteiger partial charge in [-0.25, -0.2) is 0 Å². The van der Waals surface area contributed by atoms with E-state index in [0.717, 1.165) is 25.7 Å². The molecule has 0 saturated heterocycles. The van der Waals surface area contributed by atoms with Crippen molar-refractivity contribution in [2.24, 2.45) is 5.92 Å². The van der Waals surface area contributed by atoms with Crippen molar-refractivity contribution in [1.29, 1.82) is 0 Å². The molecule has 112 valence electrons. The lowest BCUT2D eigenvalue weighted by Crippen LogP contribution is -2.33. The largest absolute Gasteiger partial charge is 0.389 e. The molecule has 2 aliphatic carbocycles. The van der Waals surface area contributed by atoms with Crippen molar-refractivity contribution < 1.29 is 14.6 Å². The van der Waals surface area contributed by atoms with E-state index in [9.17, 15) is 5.11 Å². The molecule has 1 atom stereocenters. The monoisotopic (exact) mass is 271 g/mol. The van der Waals surface area contributed by atoms with Crippen molar-refractivity contribution in [1.82, 2.24) is 5.32 Å². The van der Waals surface area contributed by atoms with Crippen molar-refractivity contribution in [3.8, 4) is 0 Å². The Kier molecular flexibility index (Phi) is 7.14. The Labute approximate surface area is 116 Å². The number of hydrogen-bond donors (Lipinski definition) is 2. The Morgan fingerprint density at radius 2 is 1.89 bits per heavy atom. The van der Waals surface area contributed by atoms with E-state index in [0.29, 0.717) is 19.3 Å². The fraction of sp³-hybridized carbons (Fsp3) is 1.00. The maximum absolute atomic E-state index is 9.70. The highest BCUT2D eigenvalue weighted by Crippen LogP contribution is 2.28. The van der Waals surface area contributed by atoms with Crippen LogP contribution < -0.4 is 5.32 Å². The van der Waals surface area contributed by atoms with Gasteiger partial charge in [0.2, 0.25) is 0 Å². The average Bonchev–Trinajstić information content (AvgIpc) is 3.24. The molecule has 2 N–H and O–H groups in total. The van der Waals surface area contributed by atoms with E-state index in [1.54, 1.807) is 0 Å². The Bertz CT molecular complexity index is 227. The first kappa shape index (κ1) is 15.2. The van der Waals surface area contributed by atoms with E-state index in [2.05, 4.69) is 5.32 Å². The van der Waals surface area contributed by atoms with Gasteiger partial charge in [0.15, 0.2) is 0 Å². The van der Waals surface area contributed by atoms with E-state index in [-0.39, 0.29) is 0 Å². The first-order valence-corrected chi connectivity index (χ1v) is 7.92. The molecule has 0 spiro atoms. The Hall–Kier alpha value is -0.160. The molecule has 2 saturated carbocycles. The third-order valence-corrected chi connectivity index (χ3v) is 3.93. The van der Waals surface area contributed by atoms with Crippen LogP contribution in [0.5, 0.6) is 0 Å². The Balaban J connectivity index is 1.36. The second-order valence-electron chi connectivity index (χ2n) is 5.97. The molecule has 0 heterocycles. The zero-order valence-electron chi connectivity index (χ0n) is 12.0. The molecular formula is C15H29NO3. The predicted molar refractivity (Wildman–Crippen MR) is 75.2 cm³/mol. The topological polar surface area (TPSA) is 50.7 Å². The van der Waals surface area contributed by atoms with Gasteiger partial charge in [0.1, 0.15) is 0 Å². The number of rotatable bonds is 10. The minimum atomic E-state index is -0.395. The molecule has 2 fully saturated rings. The van der Waals surface area contributed by atoms with Crippen molar-refractivity contribution in [3.63, 3.8) is 0 Å². The van der Waals surface area contributed by atoms with Crippen molar-refractivity contribution in [3.05, 3.63) is 0 Å². The van der Waals surface area contributed by atoms with E-state index in [4.69, 9.17) is 9.47 Å². The zero-order chi connectivity index (χ0) is 13.3. The maximum atomic E-state index is 9.70. The lowest BCUT2D eigenvalue weighted by Gasteiger charge is -2.22. The van der Waals surface area contributed by atoms with Crippen LogP contribution in [0.2, 0.25) is 0 Å². The molecular weight excluding hydrogens is 242 g/mol. The van der Waals surface area contributed by atoms with Crippen molar-refractivity contribution in [2.45, 2.75) is 57.2 Å². The van der Waals surface area contributed by atoms with Gasteiger partial charge in [-0.1, -0.05) is 19.3 Å². The minimum Gasteiger partial charge on any atom is -0.389 e. The molecule has 19 heavy (non-hydrogen) atoms. The predicted octanol–water partition coefficient (Wildman–Crippen LogP) is 1.71. The molecule has 2 aliphatic rings. The number of aliphatic hydroxyl groups is 1. The fourth-order valence-corrected chi connectivity index (χ4v) is 2.51. The lowest BCUT2D eigenvalue weighted by molar-refractivity contribution is 0.0206. The third kappa shape index (κ3) is 7.25. The summed E-state index contributed by atoms with van der Waals surface area (Å²) in [5, 5.41) is 12.9. The highest BCUT2D eigenvalue weighted by molar-refractivity contribution is 4.72. The second-order valence-corrected chi connectivity index (χ2v) is 5.97. The van der Waals surface area contributed by atoms with Crippen LogP contribution in [0, 0.1) is 5.92 Å². The molecule has 0 radical (unpaired) electrons. The number of aliphatic hydroxyl groups excluding tert-OH is 1. The summed E-state index contributed by atoms with van der Waals surface area (Å²) in [6.45, 7) is 3.43. The van der Waals surface area contributed by atoms with Gasteiger partial charge in [-0.2, -0.15) is 0 Å². The summed E-state index contributed by atoms with van der Waals surface area (Å²) in [7, 11) is 0. The molecule has 0 aromatic heterocycles. The van der Waals surface area contributed by atoms with Crippen molar-refractivity contribution in [2.75, 3.05) is 32.9 Å². The van der Waals surface area contributed by atoms with Gasteiger partial charge in [0.05, 0.1) is 25.4 Å². The Morgan fingerprint density at radius 3 is 2.63 bits per heavy atom.